The molecule has 3 unspecified atom stereocenters. The van der Waals surface area contributed by atoms with Crippen LogP contribution in [0.15, 0.2) is 48.5 Å². The van der Waals surface area contributed by atoms with Crippen molar-refractivity contribution in [2.24, 2.45) is 5.92 Å². The Hall–Kier alpha value is -4.28. The van der Waals surface area contributed by atoms with Gasteiger partial charge in [0.2, 0.25) is 11.8 Å². The summed E-state index contributed by atoms with van der Waals surface area (Å²) >= 11 is 5.78. The second-order valence-electron chi connectivity index (χ2n) is 13.6. The van der Waals surface area contributed by atoms with E-state index in [1.807, 2.05) is 0 Å². The highest BCUT2D eigenvalue weighted by Gasteiger charge is 2.29. The smallest absolute Gasteiger partial charge is 0.408 e. The second kappa shape index (κ2) is 24.2. The third kappa shape index (κ3) is 18.7. The van der Waals surface area contributed by atoms with Crippen LogP contribution in [0, 0.1) is 5.92 Å². The highest BCUT2D eigenvalue weighted by Crippen LogP contribution is 2.16. The van der Waals surface area contributed by atoms with Gasteiger partial charge in [0.25, 0.3) is 5.24 Å². The number of nitrogens with one attached hydrogen (secondary N) is 4. The number of alkyl carbamates (subject to hydrolysis) is 2. The van der Waals surface area contributed by atoms with Gasteiger partial charge in [-0.15, -0.1) is 0 Å². The van der Waals surface area contributed by atoms with Crippen molar-refractivity contribution in [1.29, 1.82) is 0 Å². The van der Waals surface area contributed by atoms with Crippen LogP contribution in [-0.2, 0) is 51.0 Å². The molecular formula is C38H55ClN4O11. The second-order valence-corrected chi connectivity index (χ2v) is 14.0. The highest BCUT2D eigenvalue weighted by atomic mass is 35.5. The lowest BCUT2D eigenvalue weighted by atomic mass is 10.0. The molecule has 0 aliphatic carbocycles. The van der Waals surface area contributed by atoms with E-state index in [1.54, 1.807) is 90.3 Å². The molecule has 16 heteroatoms. The lowest BCUT2D eigenvalue weighted by Crippen LogP contribution is -2.54. The fourth-order valence-corrected chi connectivity index (χ4v) is 4.93. The Balaban J connectivity index is 1.89. The highest BCUT2D eigenvalue weighted by molar-refractivity contribution is 6.67. The van der Waals surface area contributed by atoms with E-state index in [2.05, 4.69) is 21.3 Å². The predicted molar refractivity (Wildman–Crippen MR) is 202 cm³/mol. The average Bonchev–Trinajstić information content (AvgIpc) is 3.10. The summed E-state index contributed by atoms with van der Waals surface area (Å²) in [6.45, 7) is 12.6. The minimum atomic E-state index is -0.921. The van der Waals surface area contributed by atoms with Gasteiger partial charge in [0.05, 0.1) is 52.3 Å². The Morgan fingerprint density at radius 1 is 0.741 bits per heavy atom. The van der Waals surface area contributed by atoms with Crippen molar-refractivity contribution in [2.75, 3.05) is 58.7 Å². The van der Waals surface area contributed by atoms with E-state index in [9.17, 15) is 24.0 Å². The SMILES string of the molecule is COCCOCCOCCOCC(Cc1ccccc1C(=O)Cl)NC(=O)OCc1ccc(NC(=O)C(C)NC(=O)C(NC(=O)OC(C)(C)C)C(C)C)cc1. The summed E-state index contributed by atoms with van der Waals surface area (Å²) < 4.78 is 32.3. The molecule has 300 valence electrons. The summed E-state index contributed by atoms with van der Waals surface area (Å²) in [5.74, 6) is -1.27. The molecule has 0 saturated heterocycles. The van der Waals surface area contributed by atoms with Crippen LogP contribution in [0.3, 0.4) is 0 Å². The topological polar surface area (TPSA) is 189 Å². The minimum absolute atomic E-state index is 0.0711. The Kier molecular flexibility index (Phi) is 20.6. The summed E-state index contributed by atoms with van der Waals surface area (Å²) in [6.07, 6.45) is -1.18. The van der Waals surface area contributed by atoms with E-state index in [4.69, 9.17) is 40.0 Å². The zero-order valence-corrected chi connectivity index (χ0v) is 32.9. The first-order valence-electron chi connectivity index (χ1n) is 17.7. The molecule has 0 spiro atoms. The fraction of sp³-hybridized carbons (Fsp3) is 0.553. The first-order valence-corrected chi connectivity index (χ1v) is 18.1. The van der Waals surface area contributed by atoms with E-state index in [0.29, 0.717) is 55.4 Å². The molecule has 0 radical (unpaired) electrons. The number of hydrogen-bond acceptors (Lipinski definition) is 11. The maximum Gasteiger partial charge on any atom is 0.408 e. The molecule has 0 aromatic heterocycles. The van der Waals surface area contributed by atoms with Crippen LogP contribution in [0.1, 0.15) is 63.0 Å². The molecule has 0 heterocycles. The molecular weight excluding hydrogens is 724 g/mol. The van der Waals surface area contributed by atoms with Gasteiger partial charge in [0, 0.05) is 18.4 Å². The number of methoxy groups -OCH3 is 1. The van der Waals surface area contributed by atoms with E-state index < -0.39 is 53.0 Å². The van der Waals surface area contributed by atoms with Crippen LogP contribution in [0.25, 0.3) is 0 Å². The van der Waals surface area contributed by atoms with Gasteiger partial charge in [-0.05, 0) is 81.0 Å². The van der Waals surface area contributed by atoms with E-state index in [1.165, 1.54) is 6.92 Å². The molecule has 0 fully saturated rings. The predicted octanol–water partition coefficient (Wildman–Crippen LogP) is 4.59. The number of ether oxygens (including phenoxy) is 6. The molecule has 4 N–H and O–H groups in total. The largest absolute Gasteiger partial charge is 0.445 e. The normalized spacial score (nSPS) is 13.0. The maximum atomic E-state index is 12.9. The Labute approximate surface area is 322 Å². The Bertz CT molecular complexity index is 1480. The van der Waals surface area contributed by atoms with Crippen LogP contribution in [0.4, 0.5) is 15.3 Å². The molecule has 3 atom stereocenters. The van der Waals surface area contributed by atoms with Gasteiger partial charge in [-0.25, -0.2) is 9.59 Å². The van der Waals surface area contributed by atoms with Crippen LogP contribution in [-0.4, -0.2) is 106 Å². The van der Waals surface area contributed by atoms with Gasteiger partial charge in [0.1, 0.15) is 24.3 Å². The van der Waals surface area contributed by atoms with Crippen LogP contribution < -0.4 is 21.3 Å². The average molecular weight is 779 g/mol. The maximum absolute atomic E-state index is 12.9. The fourth-order valence-electron chi connectivity index (χ4n) is 4.75. The van der Waals surface area contributed by atoms with E-state index in [0.717, 1.165) is 0 Å². The van der Waals surface area contributed by atoms with Crippen LogP contribution in [0.5, 0.6) is 0 Å². The molecule has 0 aliphatic heterocycles. The molecule has 2 rings (SSSR count). The van der Waals surface area contributed by atoms with Crippen LogP contribution >= 0.6 is 11.6 Å². The van der Waals surface area contributed by atoms with Gasteiger partial charge in [-0.1, -0.05) is 44.2 Å². The summed E-state index contributed by atoms with van der Waals surface area (Å²) in [6, 6.07) is 11.1. The Morgan fingerprint density at radius 3 is 1.94 bits per heavy atom. The number of amides is 4. The van der Waals surface area contributed by atoms with Crippen molar-refractivity contribution < 1.29 is 52.4 Å². The summed E-state index contributed by atoms with van der Waals surface area (Å²) in [7, 11) is 1.60. The third-order valence-corrected chi connectivity index (χ3v) is 7.68. The molecule has 2 aromatic carbocycles. The molecule has 4 amide bonds. The zero-order chi connectivity index (χ0) is 40.1. The van der Waals surface area contributed by atoms with Crippen molar-refractivity contribution >= 4 is 46.5 Å². The molecule has 54 heavy (non-hydrogen) atoms. The van der Waals surface area contributed by atoms with Crippen molar-refractivity contribution in [2.45, 2.75) is 78.3 Å². The summed E-state index contributed by atoms with van der Waals surface area (Å²) in [5, 5.41) is 10.1. The molecule has 0 saturated carbocycles. The number of halogens is 1. The van der Waals surface area contributed by atoms with Gasteiger partial charge >= 0.3 is 12.2 Å². The zero-order valence-electron chi connectivity index (χ0n) is 32.2. The Morgan fingerprint density at radius 2 is 1.35 bits per heavy atom. The first kappa shape index (κ1) is 45.9. The number of carbonyl (C=O) groups excluding carboxylic acids is 5. The number of rotatable bonds is 23. The molecule has 2 aromatic rings. The number of anilines is 1. The van der Waals surface area contributed by atoms with Gasteiger partial charge < -0.3 is 49.7 Å². The monoisotopic (exact) mass is 778 g/mol. The van der Waals surface area contributed by atoms with Crippen LogP contribution in [0.2, 0.25) is 0 Å². The molecule has 0 aliphatic rings. The van der Waals surface area contributed by atoms with Crippen molar-refractivity contribution in [3.63, 3.8) is 0 Å². The molecule has 0 bridgehead atoms. The van der Waals surface area contributed by atoms with Crippen molar-refractivity contribution in [3.05, 3.63) is 65.2 Å². The number of carbonyl (C=O) groups is 5. The van der Waals surface area contributed by atoms with E-state index >= 15 is 0 Å². The lowest BCUT2D eigenvalue weighted by molar-refractivity contribution is -0.128. The quantitative estimate of drug-likeness (QED) is 0.0913. The van der Waals surface area contributed by atoms with Gasteiger partial charge in [-0.3, -0.25) is 14.4 Å². The van der Waals surface area contributed by atoms with Crippen molar-refractivity contribution in [3.8, 4) is 0 Å². The van der Waals surface area contributed by atoms with Gasteiger partial charge in [0.15, 0.2) is 0 Å². The first-order chi connectivity index (χ1) is 25.6. The number of hydrogen-bond donors (Lipinski definition) is 4. The van der Waals surface area contributed by atoms with Crippen molar-refractivity contribution in [1.82, 2.24) is 16.0 Å². The van der Waals surface area contributed by atoms with Gasteiger partial charge in [-0.2, -0.15) is 0 Å². The summed E-state index contributed by atoms with van der Waals surface area (Å²) in [5.41, 5.74) is 1.33. The summed E-state index contributed by atoms with van der Waals surface area (Å²) in [4.78, 5) is 62.8. The standard InChI is InChI=1S/C38H55ClN4O11/c1-25(2)32(43-37(48)54-38(4,5)6)35(46)40-26(3)34(45)41-29-14-12-27(13-15-29)23-53-36(47)42-30(22-28-10-8-9-11-31(28)33(39)44)24-52-21-20-51-19-18-50-17-16-49-7/h8-15,25-26,30,32H,16-24H2,1-7H3,(H,40,46)(H,41,45)(H,42,47)(H,43,48). The lowest BCUT2D eigenvalue weighted by Gasteiger charge is -2.26. The number of benzene rings is 2. The minimum Gasteiger partial charge on any atom is -0.445 e. The third-order valence-electron chi connectivity index (χ3n) is 7.48. The molecule has 15 nitrogen and oxygen atoms in total. The van der Waals surface area contributed by atoms with E-state index in [-0.39, 0.29) is 32.2 Å².